The molecule has 1 amide bonds. The molecule has 0 spiro atoms. The number of hydrogen-bond donors (Lipinski definition) is 1. The molecule has 1 heterocycles. The van der Waals surface area contributed by atoms with Gasteiger partial charge in [0.1, 0.15) is 6.07 Å². The standard InChI is InChI=1S/C15H18ClN3O/c1-11(20)18-9-12-3-2-6-19(10-12)14-5-4-13(8-17)15(16)7-14/h4-5,7,12H,2-3,6,9-10H2,1H3,(H,18,20). The van der Waals surface area contributed by atoms with E-state index in [1.54, 1.807) is 13.0 Å². The fourth-order valence-electron chi connectivity index (χ4n) is 2.55. The lowest BCUT2D eigenvalue weighted by Gasteiger charge is -2.34. The molecule has 1 aromatic carbocycles. The molecule has 0 bridgehead atoms. The van der Waals surface area contributed by atoms with Crippen LogP contribution < -0.4 is 10.2 Å². The van der Waals surface area contributed by atoms with Crippen molar-refractivity contribution in [1.82, 2.24) is 5.32 Å². The van der Waals surface area contributed by atoms with E-state index in [2.05, 4.69) is 16.3 Å². The minimum Gasteiger partial charge on any atom is -0.371 e. The maximum Gasteiger partial charge on any atom is 0.216 e. The summed E-state index contributed by atoms with van der Waals surface area (Å²) < 4.78 is 0. The van der Waals surface area contributed by atoms with Gasteiger partial charge in [0, 0.05) is 32.2 Å². The Bertz CT molecular complexity index is 538. The predicted octanol–water partition coefficient (Wildman–Crippen LogP) is 2.56. The maximum atomic E-state index is 11.0. The van der Waals surface area contributed by atoms with Crippen LogP contribution in [0.15, 0.2) is 18.2 Å². The first-order chi connectivity index (χ1) is 9.60. The third kappa shape index (κ3) is 3.64. The summed E-state index contributed by atoms with van der Waals surface area (Å²) in [5.74, 6) is 0.477. The molecule has 2 rings (SSSR count). The van der Waals surface area contributed by atoms with Gasteiger partial charge in [-0.3, -0.25) is 4.79 Å². The molecular weight excluding hydrogens is 274 g/mol. The molecule has 0 aromatic heterocycles. The van der Waals surface area contributed by atoms with Crippen LogP contribution in [0.2, 0.25) is 5.02 Å². The van der Waals surface area contributed by atoms with Gasteiger partial charge in [-0.1, -0.05) is 11.6 Å². The normalized spacial score (nSPS) is 18.4. The second-order valence-corrected chi connectivity index (χ2v) is 5.57. The topological polar surface area (TPSA) is 56.1 Å². The lowest BCUT2D eigenvalue weighted by atomic mass is 9.97. The first-order valence-electron chi connectivity index (χ1n) is 6.79. The zero-order valence-corrected chi connectivity index (χ0v) is 12.3. The number of halogens is 1. The second kappa shape index (κ2) is 6.62. The van der Waals surface area contributed by atoms with Crippen LogP contribution in [0, 0.1) is 17.2 Å². The Kier molecular flexibility index (Phi) is 4.86. The summed E-state index contributed by atoms with van der Waals surface area (Å²) >= 11 is 6.08. The fourth-order valence-corrected chi connectivity index (χ4v) is 2.76. The highest BCUT2D eigenvalue weighted by molar-refractivity contribution is 6.32. The first-order valence-corrected chi connectivity index (χ1v) is 7.17. The molecule has 0 aliphatic carbocycles. The van der Waals surface area contributed by atoms with Gasteiger partial charge in [0.05, 0.1) is 10.6 Å². The van der Waals surface area contributed by atoms with Crippen molar-refractivity contribution in [2.45, 2.75) is 19.8 Å². The fraction of sp³-hybridized carbons (Fsp3) is 0.467. The molecule has 106 valence electrons. The van der Waals surface area contributed by atoms with E-state index in [9.17, 15) is 4.79 Å². The van der Waals surface area contributed by atoms with Gasteiger partial charge >= 0.3 is 0 Å². The molecule has 1 aliphatic heterocycles. The highest BCUT2D eigenvalue weighted by Gasteiger charge is 2.20. The number of piperidine rings is 1. The maximum absolute atomic E-state index is 11.0. The number of hydrogen-bond acceptors (Lipinski definition) is 3. The van der Waals surface area contributed by atoms with E-state index in [1.165, 1.54) is 0 Å². The number of carbonyl (C=O) groups excluding carboxylic acids is 1. The lowest BCUT2D eigenvalue weighted by molar-refractivity contribution is -0.119. The first kappa shape index (κ1) is 14.7. The second-order valence-electron chi connectivity index (χ2n) is 5.17. The van der Waals surface area contributed by atoms with E-state index in [0.717, 1.165) is 38.2 Å². The largest absolute Gasteiger partial charge is 0.371 e. The average molecular weight is 292 g/mol. The summed E-state index contributed by atoms with van der Waals surface area (Å²) in [4.78, 5) is 13.2. The molecule has 1 unspecified atom stereocenters. The molecule has 4 nitrogen and oxygen atoms in total. The Labute approximate surface area is 124 Å². The third-order valence-corrected chi connectivity index (χ3v) is 3.91. The van der Waals surface area contributed by atoms with E-state index >= 15 is 0 Å². The molecule has 1 aliphatic rings. The van der Waals surface area contributed by atoms with Crippen LogP contribution in [0.5, 0.6) is 0 Å². The van der Waals surface area contributed by atoms with Crippen molar-refractivity contribution in [1.29, 1.82) is 5.26 Å². The van der Waals surface area contributed by atoms with Crippen molar-refractivity contribution in [3.8, 4) is 6.07 Å². The Morgan fingerprint density at radius 1 is 1.60 bits per heavy atom. The minimum absolute atomic E-state index is 0.0172. The summed E-state index contributed by atoms with van der Waals surface area (Å²) in [5, 5.41) is 12.3. The molecule has 1 fully saturated rings. The molecule has 1 aromatic rings. The van der Waals surface area contributed by atoms with Gasteiger partial charge in [-0.05, 0) is 37.0 Å². The van der Waals surface area contributed by atoms with Crippen molar-refractivity contribution in [3.05, 3.63) is 28.8 Å². The summed E-state index contributed by atoms with van der Waals surface area (Å²) in [5.41, 5.74) is 1.55. The van der Waals surface area contributed by atoms with Crippen molar-refractivity contribution in [2.75, 3.05) is 24.5 Å². The quantitative estimate of drug-likeness (QED) is 0.931. The van der Waals surface area contributed by atoms with E-state index < -0.39 is 0 Å². The van der Waals surface area contributed by atoms with Gasteiger partial charge in [-0.25, -0.2) is 0 Å². The SMILES string of the molecule is CC(=O)NCC1CCCN(c2ccc(C#N)c(Cl)c2)C1. The number of nitrogens with zero attached hydrogens (tertiary/aromatic N) is 2. The van der Waals surface area contributed by atoms with Gasteiger partial charge in [0.2, 0.25) is 5.91 Å². The molecule has 1 N–H and O–H groups in total. The van der Waals surface area contributed by atoms with Gasteiger partial charge < -0.3 is 10.2 Å². The smallest absolute Gasteiger partial charge is 0.216 e. The molecule has 1 atom stereocenters. The monoisotopic (exact) mass is 291 g/mol. The zero-order chi connectivity index (χ0) is 14.5. The van der Waals surface area contributed by atoms with Crippen LogP contribution in [0.3, 0.4) is 0 Å². The van der Waals surface area contributed by atoms with Crippen LogP contribution in [0.1, 0.15) is 25.3 Å². The third-order valence-electron chi connectivity index (χ3n) is 3.60. The van der Waals surface area contributed by atoms with Crippen molar-refractivity contribution >= 4 is 23.2 Å². The molecule has 20 heavy (non-hydrogen) atoms. The van der Waals surface area contributed by atoms with E-state index in [1.807, 2.05) is 12.1 Å². The van der Waals surface area contributed by atoms with Crippen LogP contribution in [0.25, 0.3) is 0 Å². The molecule has 0 saturated carbocycles. The highest BCUT2D eigenvalue weighted by Crippen LogP contribution is 2.27. The van der Waals surface area contributed by atoms with Crippen molar-refractivity contribution < 1.29 is 4.79 Å². The molecule has 1 saturated heterocycles. The number of rotatable bonds is 3. The minimum atomic E-state index is 0.0172. The van der Waals surface area contributed by atoms with E-state index in [-0.39, 0.29) is 5.91 Å². The lowest BCUT2D eigenvalue weighted by Crippen LogP contribution is -2.40. The predicted molar refractivity (Wildman–Crippen MR) is 79.8 cm³/mol. The van der Waals surface area contributed by atoms with Crippen molar-refractivity contribution in [2.24, 2.45) is 5.92 Å². The van der Waals surface area contributed by atoms with E-state index in [4.69, 9.17) is 16.9 Å². The zero-order valence-electron chi connectivity index (χ0n) is 11.5. The molecule has 5 heteroatoms. The van der Waals surface area contributed by atoms with Crippen molar-refractivity contribution in [3.63, 3.8) is 0 Å². The Morgan fingerprint density at radius 3 is 3.05 bits per heavy atom. The summed E-state index contributed by atoms with van der Waals surface area (Å²) in [7, 11) is 0. The molecule has 0 radical (unpaired) electrons. The van der Waals surface area contributed by atoms with Crippen LogP contribution in [-0.4, -0.2) is 25.5 Å². The molecular formula is C15H18ClN3O. The number of nitrogens with one attached hydrogen (secondary N) is 1. The number of carbonyl (C=O) groups is 1. The van der Waals surface area contributed by atoms with E-state index in [0.29, 0.717) is 16.5 Å². The number of benzene rings is 1. The van der Waals surface area contributed by atoms with Gasteiger partial charge in [-0.15, -0.1) is 0 Å². The van der Waals surface area contributed by atoms with Gasteiger partial charge in [0.25, 0.3) is 0 Å². The highest BCUT2D eigenvalue weighted by atomic mass is 35.5. The van der Waals surface area contributed by atoms with Gasteiger partial charge in [0.15, 0.2) is 0 Å². The van der Waals surface area contributed by atoms with Crippen LogP contribution >= 0.6 is 11.6 Å². The number of amides is 1. The number of nitriles is 1. The van der Waals surface area contributed by atoms with Gasteiger partial charge in [-0.2, -0.15) is 5.26 Å². The summed E-state index contributed by atoms with van der Waals surface area (Å²) in [6.07, 6.45) is 2.22. The summed E-state index contributed by atoms with van der Waals surface area (Å²) in [6, 6.07) is 7.61. The average Bonchev–Trinajstić information content (AvgIpc) is 2.45. The Morgan fingerprint density at radius 2 is 2.40 bits per heavy atom. The Balaban J connectivity index is 2.03. The number of anilines is 1. The summed E-state index contributed by atoms with van der Waals surface area (Å²) in [6.45, 7) is 4.15. The Hall–Kier alpha value is -1.73. The van der Waals surface area contributed by atoms with Crippen LogP contribution in [0.4, 0.5) is 5.69 Å². The van der Waals surface area contributed by atoms with Crippen LogP contribution in [-0.2, 0) is 4.79 Å².